The maximum Gasteiger partial charge on any atom is 0.338 e. The van der Waals surface area contributed by atoms with Gasteiger partial charge in [0, 0.05) is 27.0 Å². The Morgan fingerprint density at radius 2 is 1.68 bits per heavy atom. The molecule has 0 fully saturated rings. The third-order valence-corrected chi connectivity index (χ3v) is 7.97. The first-order valence-corrected chi connectivity index (χ1v) is 14.8. The van der Waals surface area contributed by atoms with Gasteiger partial charge in [-0.25, -0.2) is 9.48 Å². The summed E-state index contributed by atoms with van der Waals surface area (Å²) in [5, 5.41) is 17.0. The molecule has 41 heavy (non-hydrogen) atoms. The fraction of sp³-hybridized carbons (Fsp3) is 0.167. The Balaban J connectivity index is 1.20. The molecule has 0 aliphatic carbocycles. The van der Waals surface area contributed by atoms with Crippen molar-refractivity contribution < 1.29 is 13.9 Å². The Bertz CT molecular complexity index is 1720. The number of nitrogens with zero attached hydrogens (tertiary/aromatic N) is 5. The van der Waals surface area contributed by atoms with E-state index in [1.54, 1.807) is 11.6 Å². The Morgan fingerprint density at radius 1 is 1.00 bits per heavy atom. The van der Waals surface area contributed by atoms with Crippen LogP contribution < -0.4 is 5.32 Å². The molecule has 3 aromatic carbocycles. The number of allylic oxidation sites excluding steroid dienone is 1. The van der Waals surface area contributed by atoms with E-state index in [4.69, 9.17) is 19.2 Å². The van der Waals surface area contributed by atoms with Crippen LogP contribution in [0.4, 0.5) is 5.95 Å². The number of benzene rings is 3. The number of aromatic nitrogens is 5. The lowest BCUT2D eigenvalue weighted by Crippen LogP contribution is -2.29. The highest BCUT2D eigenvalue weighted by Gasteiger charge is 2.35. The summed E-state index contributed by atoms with van der Waals surface area (Å²) >= 11 is 5.01. The summed E-state index contributed by atoms with van der Waals surface area (Å²) in [7, 11) is 0. The van der Waals surface area contributed by atoms with Gasteiger partial charge >= 0.3 is 5.97 Å². The number of thioether (sulfide) groups is 1. The lowest BCUT2D eigenvalue weighted by molar-refractivity contribution is -0.139. The van der Waals surface area contributed by atoms with Gasteiger partial charge in [0.05, 0.1) is 12.2 Å². The lowest BCUT2D eigenvalue weighted by atomic mass is 9.96. The second-order valence-corrected chi connectivity index (χ2v) is 11.1. The molecule has 3 heterocycles. The van der Waals surface area contributed by atoms with Crippen LogP contribution in [0.15, 0.2) is 104 Å². The molecule has 0 radical (unpaired) electrons. The van der Waals surface area contributed by atoms with E-state index < -0.39 is 6.04 Å². The number of hydrogen-bond acceptors (Lipinski definition) is 9. The standard InChI is InChI=1S/C30H25BrN6O3S/c1-3-39-28(38)24-18(2)32-29-33-30(36-37(29)25(24)20-13-15-23(31)16-14-20)41-17-19-9-11-22(12-10-19)27-35-34-26(40-27)21-7-5-4-6-8-21/h4-16,25H,3,17H2,1-2H3,(H,32,33,36)/t25-/m0/s1. The van der Waals surface area contributed by atoms with E-state index in [-0.39, 0.29) is 12.6 Å². The van der Waals surface area contributed by atoms with E-state index in [1.807, 2.05) is 85.8 Å². The molecule has 0 spiro atoms. The molecule has 5 aromatic rings. The minimum Gasteiger partial charge on any atom is -0.463 e. The summed E-state index contributed by atoms with van der Waals surface area (Å²) in [5.41, 5.74) is 4.93. The molecule has 206 valence electrons. The smallest absolute Gasteiger partial charge is 0.338 e. The fourth-order valence-corrected chi connectivity index (χ4v) is 5.60. The molecule has 2 aromatic heterocycles. The van der Waals surface area contributed by atoms with Gasteiger partial charge in [0.15, 0.2) is 0 Å². The first-order chi connectivity index (χ1) is 20.0. The zero-order valence-corrected chi connectivity index (χ0v) is 24.6. The summed E-state index contributed by atoms with van der Waals surface area (Å²) in [4.78, 5) is 17.7. The van der Waals surface area contributed by atoms with E-state index >= 15 is 0 Å². The normalized spacial score (nSPS) is 14.5. The molecule has 0 saturated heterocycles. The van der Waals surface area contributed by atoms with Crippen LogP contribution in [0.2, 0.25) is 0 Å². The summed E-state index contributed by atoms with van der Waals surface area (Å²) in [6.07, 6.45) is 0. The maximum absolute atomic E-state index is 13.0. The molecule has 1 aliphatic rings. The van der Waals surface area contributed by atoms with Crippen molar-refractivity contribution in [1.29, 1.82) is 0 Å². The van der Waals surface area contributed by atoms with Crippen molar-refractivity contribution in [1.82, 2.24) is 25.0 Å². The van der Waals surface area contributed by atoms with Crippen LogP contribution in [0.3, 0.4) is 0 Å². The SMILES string of the molecule is CCOC(=O)C1=C(C)Nc2nc(SCc3ccc(-c4nnc(-c5ccccc5)o4)cc3)nn2[C@H]1c1ccc(Br)cc1. The van der Waals surface area contributed by atoms with Gasteiger partial charge in [0.25, 0.3) is 0 Å². The minimum absolute atomic E-state index is 0.285. The van der Waals surface area contributed by atoms with Gasteiger partial charge in [-0.3, -0.25) is 0 Å². The zero-order chi connectivity index (χ0) is 28.3. The van der Waals surface area contributed by atoms with Crippen molar-refractivity contribution in [3.8, 4) is 22.9 Å². The Hall–Kier alpha value is -4.22. The molecule has 11 heteroatoms. The third kappa shape index (κ3) is 5.68. The number of esters is 1. The molecule has 9 nitrogen and oxygen atoms in total. The molecule has 0 saturated carbocycles. The molecule has 6 rings (SSSR count). The number of nitrogens with one attached hydrogen (secondary N) is 1. The molecule has 0 bridgehead atoms. The topological polar surface area (TPSA) is 108 Å². The van der Waals surface area contributed by atoms with Gasteiger partial charge in [-0.05, 0) is 61.4 Å². The predicted molar refractivity (Wildman–Crippen MR) is 160 cm³/mol. The number of carbonyl (C=O) groups is 1. The predicted octanol–water partition coefficient (Wildman–Crippen LogP) is 6.90. The molecular weight excluding hydrogens is 604 g/mol. The average Bonchev–Trinajstić information content (AvgIpc) is 3.64. The summed E-state index contributed by atoms with van der Waals surface area (Å²) < 4.78 is 14.0. The van der Waals surface area contributed by atoms with Crippen molar-refractivity contribution in [2.75, 3.05) is 11.9 Å². The highest BCUT2D eigenvalue weighted by Crippen LogP contribution is 2.37. The molecular formula is C30H25BrN6O3S. The Morgan fingerprint density at radius 3 is 2.37 bits per heavy atom. The fourth-order valence-electron chi connectivity index (χ4n) is 4.55. The quantitative estimate of drug-likeness (QED) is 0.145. The van der Waals surface area contributed by atoms with Crippen LogP contribution in [0.25, 0.3) is 22.9 Å². The third-order valence-electron chi connectivity index (χ3n) is 6.53. The van der Waals surface area contributed by atoms with Gasteiger partial charge in [-0.2, -0.15) is 4.98 Å². The largest absolute Gasteiger partial charge is 0.463 e. The number of carbonyl (C=O) groups excluding carboxylic acids is 1. The van der Waals surface area contributed by atoms with Crippen LogP contribution in [0.1, 0.15) is 31.0 Å². The minimum atomic E-state index is -0.463. The number of ether oxygens (including phenoxy) is 1. The van der Waals surface area contributed by atoms with Crippen LogP contribution >= 0.6 is 27.7 Å². The van der Waals surface area contributed by atoms with Crippen molar-refractivity contribution in [3.63, 3.8) is 0 Å². The van der Waals surface area contributed by atoms with E-state index in [0.29, 0.717) is 39.9 Å². The summed E-state index contributed by atoms with van der Waals surface area (Å²) in [6.45, 7) is 3.94. The number of anilines is 1. The first kappa shape index (κ1) is 27.0. The van der Waals surface area contributed by atoms with E-state index in [0.717, 1.165) is 26.7 Å². The second kappa shape index (κ2) is 11.7. The lowest BCUT2D eigenvalue weighted by Gasteiger charge is -2.28. The Kier molecular flexibility index (Phi) is 7.71. The molecule has 1 atom stereocenters. The second-order valence-electron chi connectivity index (χ2n) is 9.26. The summed E-state index contributed by atoms with van der Waals surface area (Å²) in [5.74, 6) is 1.81. The van der Waals surface area contributed by atoms with Crippen molar-refractivity contribution in [3.05, 3.63) is 106 Å². The number of hydrogen-bond donors (Lipinski definition) is 1. The molecule has 1 N–H and O–H groups in total. The van der Waals surface area contributed by atoms with Crippen LogP contribution in [-0.2, 0) is 15.3 Å². The number of fused-ring (bicyclic) bond motifs is 1. The van der Waals surface area contributed by atoms with E-state index in [1.165, 1.54) is 11.8 Å². The average molecular weight is 630 g/mol. The molecule has 0 amide bonds. The van der Waals surface area contributed by atoms with Gasteiger partial charge in [-0.15, -0.1) is 15.3 Å². The van der Waals surface area contributed by atoms with E-state index in [2.05, 4.69) is 31.4 Å². The number of rotatable bonds is 8. The van der Waals surface area contributed by atoms with Crippen LogP contribution in [0.5, 0.6) is 0 Å². The van der Waals surface area contributed by atoms with Crippen molar-refractivity contribution >= 4 is 39.6 Å². The van der Waals surface area contributed by atoms with Crippen LogP contribution in [0, 0.1) is 0 Å². The summed E-state index contributed by atoms with van der Waals surface area (Å²) in [6, 6.07) is 25.0. The first-order valence-electron chi connectivity index (χ1n) is 13.0. The van der Waals surface area contributed by atoms with E-state index in [9.17, 15) is 4.79 Å². The van der Waals surface area contributed by atoms with Gasteiger partial charge < -0.3 is 14.5 Å². The van der Waals surface area contributed by atoms with Crippen LogP contribution in [-0.4, -0.2) is 37.5 Å². The monoisotopic (exact) mass is 628 g/mol. The van der Waals surface area contributed by atoms with Gasteiger partial charge in [0.1, 0.15) is 6.04 Å². The highest BCUT2D eigenvalue weighted by atomic mass is 79.9. The Labute approximate surface area is 249 Å². The number of halogens is 1. The van der Waals surface area contributed by atoms with Crippen molar-refractivity contribution in [2.45, 2.75) is 30.8 Å². The maximum atomic E-state index is 13.0. The highest BCUT2D eigenvalue weighted by molar-refractivity contribution is 9.10. The van der Waals surface area contributed by atoms with Crippen molar-refractivity contribution in [2.24, 2.45) is 0 Å². The molecule has 0 unspecified atom stereocenters. The zero-order valence-electron chi connectivity index (χ0n) is 22.2. The van der Waals surface area contributed by atoms with Gasteiger partial charge in [-0.1, -0.05) is 70.2 Å². The molecule has 1 aliphatic heterocycles. The van der Waals surface area contributed by atoms with Gasteiger partial charge in [0.2, 0.25) is 22.9 Å².